The molecule has 0 spiro atoms. The Kier molecular flexibility index (Phi) is 6.58. The van der Waals surface area contributed by atoms with Crippen LogP contribution in [0.15, 0.2) is 48.5 Å². The predicted molar refractivity (Wildman–Crippen MR) is 117 cm³/mol. The highest BCUT2D eigenvalue weighted by Gasteiger charge is 2.24. The number of hydrogen-bond acceptors (Lipinski definition) is 3. The van der Waals surface area contributed by atoms with Gasteiger partial charge < -0.3 is 15.0 Å². The average molecular weight is 427 g/mol. The zero-order valence-corrected chi connectivity index (χ0v) is 17.7. The summed E-state index contributed by atoms with van der Waals surface area (Å²) in [5.74, 6) is 1.36. The third-order valence-corrected chi connectivity index (χ3v) is 6.00. The first-order valence-electron chi connectivity index (χ1n) is 10.6. The van der Waals surface area contributed by atoms with Crippen LogP contribution < -0.4 is 10.1 Å². The molecule has 2 fully saturated rings. The van der Waals surface area contributed by atoms with Crippen LogP contribution in [0.25, 0.3) is 0 Å². The molecule has 2 aromatic carbocycles. The van der Waals surface area contributed by atoms with E-state index >= 15 is 0 Å². The molecule has 1 saturated carbocycles. The van der Waals surface area contributed by atoms with Gasteiger partial charge in [0.25, 0.3) is 5.91 Å². The number of hydrogen-bond donors (Lipinski definition) is 1. The molecule has 6 heteroatoms. The molecule has 2 aromatic rings. The van der Waals surface area contributed by atoms with Crippen molar-refractivity contribution < 1.29 is 14.3 Å². The van der Waals surface area contributed by atoms with E-state index in [9.17, 15) is 9.59 Å². The largest absolute Gasteiger partial charge is 0.493 e. The highest BCUT2D eigenvalue weighted by atomic mass is 35.5. The van der Waals surface area contributed by atoms with Crippen molar-refractivity contribution in [2.24, 2.45) is 5.92 Å². The first-order valence-corrected chi connectivity index (χ1v) is 11.0. The standard InChI is InChI=1S/C24H27ClN2O3/c25-20-5-1-17(2-6-20)15-23(28)27-13-11-18(12-14-27)16-30-22-9-3-19(4-10-22)24(29)26-21-7-8-21/h1-6,9-10,18,21H,7-8,11-16H2,(H,26,29). The lowest BCUT2D eigenvalue weighted by atomic mass is 9.97. The molecule has 2 aliphatic rings. The van der Waals surface area contributed by atoms with Gasteiger partial charge in [-0.05, 0) is 73.6 Å². The predicted octanol–water partition coefficient (Wildman–Crippen LogP) is 4.09. The molecule has 1 aliphatic carbocycles. The summed E-state index contributed by atoms with van der Waals surface area (Å²) in [5, 5.41) is 3.67. The van der Waals surface area contributed by atoms with E-state index in [4.69, 9.17) is 16.3 Å². The van der Waals surface area contributed by atoms with Crippen molar-refractivity contribution in [3.8, 4) is 5.75 Å². The fourth-order valence-corrected chi connectivity index (χ4v) is 3.78. The molecule has 0 atom stereocenters. The molecule has 30 heavy (non-hydrogen) atoms. The fourth-order valence-electron chi connectivity index (χ4n) is 3.65. The van der Waals surface area contributed by atoms with Gasteiger partial charge in [-0.2, -0.15) is 0 Å². The Morgan fingerprint density at radius 2 is 1.63 bits per heavy atom. The van der Waals surface area contributed by atoms with E-state index in [1.807, 2.05) is 53.4 Å². The van der Waals surface area contributed by atoms with Gasteiger partial charge in [-0.15, -0.1) is 0 Å². The summed E-state index contributed by atoms with van der Waals surface area (Å²) < 4.78 is 5.93. The Balaban J connectivity index is 1.18. The summed E-state index contributed by atoms with van der Waals surface area (Å²) in [6.07, 6.45) is 4.46. The second-order valence-corrected chi connectivity index (χ2v) is 8.65. The molecule has 0 unspecified atom stereocenters. The van der Waals surface area contributed by atoms with E-state index in [1.165, 1.54) is 0 Å². The normalized spacial score (nSPS) is 16.9. The zero-order chi connectivity index (χ0) is 20.9. The van der Waals surface area contributed by atoms with Crippen molar-refractivity contribution >= 4 is 23.4 Å². The van der Waals surface area contributed by atoms with Crippen LogP contribution in [0.1, 0.15) is 41.6 Å². The minimum atomic E-state index is -0.0142. The Morgan fingerprint density at radius 3 is 2.27 bits per heavy atom. The maximum Gasteiger partial charge on any atom is 0.251 e. The first kappa shape index (κ1) is 20.7. The van der Waals surface area contributed by atoms with Crippen molar-refractivity contribution in [2.75, 3.05) is 19.7 Å². The number of halogens is 1. The summed E-state index contributed by atoms with van der Waals surface area (Å²) >= 11 is 5.90. The van der Waals surface area contributed by atoms with Gasteiger partial charge >= 0.3 is 0 Å². The summed E-state index contributed by atoms with van der Waals surface area (Å²) in [7, 11) is 0. The van der Waals surface area contributed by atoms with Gasteiger partial charge in [0.1, 0.15) is 5.75 Å². The molecular weight excluding hydrogens is 400 g/mol. The fraction of sp³-hybridized carbons (Fsp3) is 0.417. The lowest BCUT2D eigenvalue weighted by Crippen LogP contribution is -2.40. The van der Waals surface area contributed by atoms with Gasteiger partial charge in [-0.1, -0.05) is 23.7 Å². The minimum absolute atomic E-state index is 0.0142. The third kappa shape index (κ3) is 5.76. The van der Waals surface area contributed by atoms with Gasteiger partial charge in [0.15, 0.2) is 0 Å². The van der Waals surface area contributed by atoms with Gasteiger partial charge in [-0.3, -0.25) is 9.59 Å². The summed E-state index contributed by atoms with van der Waals surface area (Å²) in [4.78, 5) is 26.5. The van der Waals surface area contributed by atoms with Crippen molar-refractivity contribution in [3.05, 3.63) is 64.7 Å². The quantitative estimate of drug-likeness (QED) is 0.725. The highest BCUT2D eigenvalue weighted by Crippen LogP contribution is 2.22. The van der Waals surface area contributed by atoms with Crippen molar-refractivity contribution in [1.82, 2.24) is 10.2 Å². The highest BCUT2D eigenvalue weighted by molar-refractivity contribution is 6.30. The Labute approximate surface area is 182 Å². The molecule has 1 heterocycles. The van der Waals surface area contributed by atoms with E-state index in [2.05, 4.69) is 5.32 Å². The number of carbonyl (C=O) groups is 2. The van der Waals surface area contributed by atoms with Crippen LogP contribution in [0.5, 0.6) is 5.75 Å². The van der Waals surface area contributed by atoms with Gasteiger partial charge in [0.05, 0.1) is 13.0 Å². The van der Waals surface area contributed by atoms with E-state index in [1.54, 1.807) is 0 Å². The van der Waals surface area contributed by atoms with Crippen LogP contribution in [0, 0.1) is 5.92 Å². The smallest absolute Gasteiger partial charge is 0.251 e. The molecule has 0 aromatic heterocycles. The molecule has 2 amide bonds. The van der Waals surface area contributed by atoms with Crippen molar-refractivity contribution in [2.45, 2.75) is 38.1 Å². The monoisotopic (exact) mass is 426 g/mol. The molecule has 1 N–H and O–H groups in total. The third-order valence-electron chi connectivity index (χ3n) is 5.75. The van der Waals surface area contributed by atoms with Crippen LogP contribution in [-0.4, -0.2) is 42.5 Å². The number of benzene rings is 2. The minimum Gasteiger partial charge on any atom is -0.493 e. The van der Waals surface area contributed by atoms with E-state index in [0.717, 1.165) is 50.1 Å². The van der Waals surface area contributed by atoms with Gasteiger partial charge in [-0.25, -0.2) is 0 Å². The molecule has 5 nitrogen and oxygen atoms in total. The number of amides is 2. The maximum absolute atomic E-state index is 12.5. The number of carbonyl (C=O) groups excluding carboxylic acids is 2. The Morgan fingerprint density at radius 1 is 0.967 bits per heavy atom. The van der Waals surface area contributed by atoms with Crippen LogP contribution in [0.4, 0.5) is 0 Å². The summed E-state index contributed by atoms with van der Waals surface area (Å²) in [6, 6.07) is 15.1. The van der Waals surface area contributed by atoms with Crippen molar-refractivity contribution in [1.29, 1.82) is 0 Å². The lowest BCUT2D eigenvalue weighted by Gasteiger charge is -2.32. The van der Waals surface area contributed by atoms with Crippen molar-refractivity contribution in [3.63, 3.8) is 0 Å². The SMILES string of the molecule is O=C(NC1CC1)c1ccc(OCC2CCN(C(=O)Cc3ccc(Cl)cc3)CC2)cc1. The second kappa shape index (κ2) is 9.52. The average Bonchev–Trinajstić information content (AvgIpc) is 3.58. The Bertz CT molecular complexity index is 870. The van der Waals surface area contributed by atoms with E-state index in [0.29, 0.717) is 35.6 Å². The maximum atomic E-state index is 12.5. The van der Waals surface area contributed by atoms with Crippen LogP contribution in [-0.2, 0) is 11.2 Å². The molecule has 0 bridgehead atoms. The summed E-state index contributed by atoms with van der Waals surface area (Å²) in [5.41, 5.74) is 1.66. The van der Waals surface area contributed by atoms with E-state index in [-0.39, 0.29) is 11.8 Å². The number of ether oxygens (including phenoxy) is 1. The zero-order valence-electron chi connectivity index (χ0n) is 17.0. The van der Waals surface area contributed by atoms with Gasteiger partial charge in [0.2, 0.25) is 5.91 Å². The van der Waals surface area contributed by atoms with Crippen LogP contribution >= 0.6 is 11.6 Å². The van der Waals surface area contributed by atoms with Crippen LogP contribution in [0.3, 0.4) is 0 Å². The molecule has 1 saturated heterocycles. The molecular formula is C24H27ClN2O3. The first-order chi connectivity index (χ1) is 14.6. The molecule has 1 aliphatic heterocycles. The summed E-state index contributed by atoms with van der Waals surface area (Å²) in [6.45, 7) is 2.16. The number of nitrogens with zero attached hydrogens (tertiary/aromatic N) is 1. The lowest BCUT2D eigenvalue weighted by molar-refractivity contribution is -0.132. The molecule has 0 radical (unpaired) electrons. The van der Waals surface area contributed by atoms with Gasteiger partial charge in [0, 0.05) is 29.7 Å². The number of likely N-dealkylation sites (tertiary alicyclic amines) is 1. The topological polar surface area (TPSA) is 58.6 Å². The van der Waals surface area contributed by atoms with E-state index < -0.39 is 0 Å². The number of rotatable bonds is 7. The number of piperidine rings is 1. The second-order valence-electron chi connectivity index (χ2n) is 8.21. The molecule has 4 rings (SSSR count). The van der Waals surface area contributed by atoms with Crippen LogP contribution in [0.2, 0.25) is 5.02 Å². The Hall–Kier alpha value is -2.53. The number of nitrogens with one attached hydrogen (secondary N) is 1. The molecule has 158 valence electrons.